The number of aromatic nitrogens is 2. The van der Waals surface area contributed by atoms with Crippen molar-refractivity contribution in [1.82, 2.24) is 9.97 Å². The van der Waals surface area contributed by atoms with Crippen molar-refractivity contribution in [3.05, 3.63) is 103 Å². The second kappa shape index (κ2) is 12.7. The average Bonchev–Trinajstić information content (AvgIpc) is 2.93. The molecule has 5 nitrogen and oxygen atoms in total. The van der Waals surface area contributed by atoms with Crippen molar-refractivity contribution in [2.45, 2.75) is 0 Å². The third-order valence-corrected chi connectivity index (χ3v) is 5.20. The van der Waals surface area contributed by atoms with Crippen LogP contribution in [0.3, 0.4) is 0 Å². The summed E-state index contributed by atoms with van der Waals surface area (Å²) in [5.74, 6) is 2.10. The molecule has 0 aliphatic carbocycles. The molecule has 5 rings (SSSR count). The van der Waals surface area contributed by atoms with Crippen LogP contribution in [0, 0.1) is 12.1 Å². The monoisotopic (exact) mass is 641 g/mol. The zero-order valence-corrected chi connectivity index (χ0v) is 22.0. The minimum absolute atomic E-state index is 0. The predicted molar refractivity (Wildman–Crippen MR) is 134 cm³/mol. The van der Waals surface area contributed by atoms with Crippen molar-refractivity contribution in [2.24, 2.45) is 0 Å². The van der Waals surface area contributed by atoms with E-state index in [4.69, 9.17) is 14.2 Å². The van der Waals surface area contributed by atoms with Crippen LogP contribution >= 0.6 is 0 Å². The van der Waals surface area contributed by atoms with E-state index in [0.717, 1.165) is 28.3 Å². The van der Waals surface area contributed by atoms with Crippen LogP contribution in [-0.4, -0.2) is 31.3 Å². The number of nitrogens with zero attached hydrogens (tertiary/aromatic N) is 2. The minimum atomic E-state index is 0. The summed E-state index contributed by atoms with van der Waals surface area (Å²) in [5, 5.41) is 2.39. The molecule has 1 radical (unpaired) electrons. The summed E-state index contributed by atoms with van der Waals surface area (Å²) >= 11 is 0. The Morgan fingerprint density at radius 3 is 2.23 bits per heavy atom. The van der Waals surface area contributed by atoms with Crippen molar-refractivity contribution in [3.8, 4) is 39.8 Å². The molecule has 35 heavy (non-hydrogen) atoms. The van der Waals surface area contributed by atoms with Gasteiger partial charge in [-0.3, -0.25) is 0 Å². The van der Waals surface area contributed by atoms with Gasteiger partial charge in [0.1, 0.15) is 5.75 Å². The minimum Gasteiger partial charge on any atom is -0.540 e. The molecule has 179 valence electrons. The molecule has 0 saturated heterocycles. The summed E-state index contributed by atoms with van der Waals surface area (Å²) in [6.07, 6.45) is 3.53. The Bertz CT molecular complexity index is 1370. The van der Waals surface area contributed by atoms with Crippen LogP contribution in [0.5, 0.6) is 17.2 Å². The Labute approximate surface area is 219 Å². The second-order valence-corrected chi connectivity index (χ2v) is 7.22. The normalized spacial score (nSPS) is 9.91. The Morgan fingerprint density at radius 1 is 0.714 bits per heavy atom. The van der Waals surface area contributed by atoms with E-state index in [1.54, 1.807) is 45.7 Å². The first-order valence-corrected chi connectivity index (χ1v) is 10.7. The van der Waals surface area contributed by atoms with E-state index >= 15 is 0 Å². The Hall–Kier alpha value is -3.73. The number of ether oxygens (including phenoxy) is 3. The molecule has 0 amide bonds. The van der Waals surface area contributed by atoms with Crippen molar-refractivity contribution >= 4 is 10.8 Å². The summed E-state index contributed by atoms with van der Waals surface area (Å²) in [6.45, 7) is 0. The first-order chi connectivity index (χ1) is 16.7. The molecule has 0 fully saturated rings. The largest absolute Gasteiger partial charge is 0.540 e. The summed E-state index contributed by atoms with van der Waals surface area (Å²) < 4.78 is 15.6. The van der Waals surface area contributed by atoms with Crippen LogP contribution in [0.2, 0.25) is 0 Å². The van der Waals surface area contributed by atoms with Crippen LogP contribution in [0.15, 0.2) is 91.3 Å². The molecule has 0 saturated carbocycles. The van der Waals surface area contributed by atoms with Gasteiger partial charge in [0.2, 0.25) is 0 Å². The molecule has 6 heteroatoms. The van der Waals surface area contributed by atoms with Gasteiger partial charge in [-0.05, 0) is 40.4 Å². The van der Waals surface area contributed by atoms with Gasteiger partial charge >= 0.3 is 0 Å². The van der Waals surface area contributed by atoms with Crippen molar-refractivity contribution in [1.29, 1.82) is 0 Å². The fraction of sp³-hybridized carbons (Fsp3) is 0.103. The average molecular weight is 641 g/mol. The van der Waals surface area contributed by atoms with Gasteiger partial charge in [-0.2, -0.15) is 0 Å². The van der Waals surface area contributed by atoms with Crippen LogP contribution in [0.4, 0.5) is 0 Å². The number of methoxy groups -OCH3 is 3. The quantitative estimate of drug-likeness (QED) is 0.212. The van der Waals surface area contributed by atoms with Gasteiger partial charge < -0.3 is 24.2 Å². The fourth-order valence-corrected chi connectivity index (χ4v) is 3.49. The van der Waals surface area contributed by atoms with E-state index in [-0.39, 0.29) is 20.1 Å². The second-order valence-electron chi connectivity index (χ2n) is 7.22. The van der Waals surface area contributed by atoms with Gasteiger partial charge in [0, 0.05) is 44.0 Å². The molecule has 2 heterocycles. The number of rotatable bonds is 5. The summed E-state index contributed by atoms with van der Waals surface area (Å²) in [7, 11) is 4.83. The number of pyridine rings is 2. The zero-order chi connectivity index (χ0) is 23.8. The maximum absolute atomic E-state index is 5.32. The zero-order valence-electron chi connectivity index (χ0n) is 19.6. The molecule has 0 aliphatic heterocycles. The van der Waals surface area contributed by atoms with E-state index in [0.29, 0.717) is 11.5 Å². The van der Waals surface area contributed by atoms with Crippen molar-refractivity contribution in [3.63, 3.8) is 0 Å². The molecule has 0 bridgehead atoms. The first kappa shape index (κ1) is 25.9. The molecule has 0 atom stereocenters. The number of fused-ring (bicyclic) bond motifs is 1. The molecule has 2 aromatic heterocycles. The Kier molecular flexibility index (Phi) is 9.36. The van der Waals surface area contributed by atoms with Crippen molar-refractivity contribution < 1.29 is 34.3 Å². The van der Waals surface area contributed by atoms with Crippen molar-refractivity contribution in [2.75, 3.05) is 21.3 Å². The smallest absolute Gasteiger partial charge is 0.113 e. The van der Waals surface area contributed by atoms with E-state index in [1.807, 2.05) is 54.7 Å². The van der Waals surface area contributed by atoms with Gasteiger partial charge in [0.05, 0.1) is 21.3 Å². The Morgan fingerprint density at radius 2 is 1.49 bits per heavy atom. The van der Waals surface area contributed by atoms with Gasteiger partial charge in [-0.25, -0.2) is 0 Å². The topological polar surface area (TPSA) is 53.5 Å². The molecule has 0 aliphatic rings. The Balaban J connectivity index is 0.000000191. The van der Waals surface area contributed by atoms with Crippen LogP contribution < -0.4 is 14.2 Å². The molecular weight excluding hydrogens is 617 g/mol. The predicted octanol–water partition coefficient (Wildman–Crippen LogP) is 6.27. The third kappa shape index (κ3) is 6.24. The van der Waals surface area contributed by atoms with Gasteiger partial charge in [0.25, 0.3) is 0 Å². The van der Waals surface area contributed by atoms with Crippen LogP contribution in [-0.2, 0) is 20.1 Å². The molecule has 5 aromatic rings. The van der Waals surface area contributed by atoms with E-state index < -0.39 is 0 Å². The number of hydrogen-bond donors (Lipinski definition) is 0. The number of hydrogen-bond acceptors (Lipinski definition) is 5. The molecular formula is C29H24IrN2O3-2. The maximum atomic E-state index is 5.32. The van der Waals surface area contributed by atoms with Gasteiger partial charge in [-0.1, -0.05) is 35.9 Å². The molecule has 0 N–H and O–H groups in total. The maximum Gasteiger partial charge on any atom is 0.113 e. The van der Waals surface area contributed by atoms with Gasteiger partial charge in [-0.15, -0.1) is 48.0 Å². The van der Waals surface area contributed by atoms with Crippen LogP contribution in [0.25, 0.3) is 33.3 Å². The van der Waals surface area contributed by atoms with E-state index in [1.165, 1.54) is 10.8 Å². The standard InChI is InChI=1S/C15H10N.C14H14NO3.Ir/c1-2-7-13(8-3-1)15-14-9-5-4-6-12(14)10-11-16-15;1-16-10-4-5-12(14(9-10)18-3)13-8-11(17-2)6-7-15-13;/h1-7,9-11H;4,6-9H,1-3H3;/q2*-1;. The summed E-state index contributed by atoms with van der Waals surface area (Å²) in [5.41, 5.74) is 3.56. The molecule has 3 aromatic carbocycles. The van der Waals surface area contributed by atoms with Crippen LogP contribution in [0.1, 0.15) is 0 Å². The van der Waals surface area contributed by atoms with E-state index in [2.05, 4.69) is 34.2 Å². The third-order valence-electron chi connectivity index (χ3n) is 5.20. The summed E-state index contributed by atoms with van der Waals surface area (Å²) in [6, 6.07) is 31.7. The molecule has 0 unspecified atom stereocenters. The summed E-state index contributed by atoms with van der Waals surface area (Å²) in [4.78, 5) is 8.74. The van der Waals surface area contributed by atoms with Gasteiger partial charge in [0.15, 0.2) is 0 Å². The number of benzene rings is 3. The first-order valence-electron chi connectivity index (χ1n) is 10.7. The molecule has 0 spiro atoms. The van der Waals surface area contributed by atoms with E-state index in [9.17, 15) is 0 Å². The SMILES string of the molecule is COc1ccnc(-c2[c-]cc(OC)cc2OC)c1.[Ir].[c-]1ccccc1-c1nccc2ccccc12. The fourth-order valence-electron chi connectivity index (χ4n) is 3.49.